The third-order valence-electron chi connectivity index (χ3n) is 2.30. The minimum atomic E-state index is -0.228. The number of aryl methyl sites for hydroxylation is 1. The molecule has 2 aromatic heterocycles. The van der Waals surface area contributed by atoms with Crippen LogP contribution < -0.4 is 11.1 Å². The van der Waals surface area contributed by atoms with Gasteiger partial charge in [-0.15, -0.1) is 0 Å². The van der Waals surface area contributed by atoms with E-state index < -0.39 is 0 Å². The van der Waals surface area contributed by atoms with E-state index in [0.717, 1.165) is 5.69 Å². The molecule has 2 rings (SSSR count). The standard InChI is InChI=1S/C12H12N4O/c1-8-10(3-2-6-14-8)16-12(17)9-4-5-11(13)15-7-9/h2-7H,1H3,(H2,13,15)(H,16,17). The molecule has 0 aliphatic rings. The number of pyridine rings is 2. The molecule has 5 nitrogen and oxygen atoms in total. The average molecular weight is 228 g/mol. The summed E-state index contributed by atoms with van der Waals surface area (Å²) in [5.74, 6) is 0.160. The van der Waals surface area contributed by atoms with Crippen molar-refractivity contribution in [2.45, 2.75) is 6.92 Å². The number of carbonyl (C=O) groups is 1. The first-order chi connectivity index (χ1) is 8.16. The minimum Gasteiger partial charge on any atom is -0.384 e. The number of nitrogen functional groups attached to an aromatic ring is 1. The Bertz CT molecular complexity index is 536. The highest BCUT2D eigenvalue weighted by Crippen LogP contribution is 2.12. The Labute approximate surface area is 98.7 Å². The monoisotopic (exact) mass is 228 g/mol. The van der Waals surface area contributed by atoms with Gasteiger partial charge in [-0.05, 0) is 31.2 Å². The number of anilines is 2. The Morgan fingerprint density at radius 3 is 2.76 bits per heavy atom. The smallest absolute Gasteiger partial charge is 0.257 e. The minimum absolute atomic E-state index is 0.228. The summed E-state index contributed by atoms with van der Waals surface area (Å²) in [5.41, 5.74) is 7.37. The van der Waals surface area contributed by atoms with E-state index in [1.807, 2.05) is 6.92 Å². The molecule has 0 bridgehead atoms. The first kappa shape index (κ1) is 11.1. The zero-order valence-electron chi connectivity index (χ0n) is 9.34. The Morgan fingerprint density at radius 2 is 2.12 bits per heavy atom. The summed E-state index contributed by atoms with van der Waals surface area (Å²) < 4.78 is 0. The number of hydrogen-bond acceptors (Lipinski definition) is 4. The van der Waals surface area contributed by atoms with Gasteiger partial charge in [0.2, 0.25) is 0 Å². The molecule has 0 fully saturated rings. The number of nitrogens with two attached hydrogens (primary N) is 1. The van der Waals surface area contributed by atoms with Gasteiger partial charge in [-0.1, -0.05) is 0 Å². The molecule has 0 radical (unpaired) electrons. The van der Waals surface area contributed by atoms with E-state index in [-0.39, 0.29) is 5.91 Å². The van der Waals surface area contributed by atoms with Gasteiger partial charge in [0.05, 0.1) is 16.9 Å². The predicted octanol–water partition coefficient (Wildman–Crippen LogP) is 1.62. The summed E-state index contributed by atoms with van der Waals surface area (Å²) >= 11 is 0. The number of hydrogen-bond donors (Lipinski definition) is 2. The van der Waals surface area contributed by atoms with Crippen LogP contribution in [-0.4, -0.2) is 15.9 Å². The Morgan fingerprint density at radius 1 is 1.29 bits per heavy atom. The summed E-state index contributed by atoms with van der Waals surface area (Å²) in [5, 5.41) is 2.76. The maximum Gasteiger partial charge on any atom is 0.257 e. The van der Waals surface area contributed by atoms with E-state index in [4.69, 9.17) is 5.73 Å². The fourth-order valence-electron chi connectivity index (χ4n) is 1.35. The fourth-order valence-corrected chi connectivity index (χ4v) is 1.35. The molecule has 17 heavy (non-hydrogen) atoms. The Kier molecular flexibility index (Phi) is 3.00. The van der Waals surface area contributed by atoms with E-state index in [9.17, 15) is 4.79 Å². The van der Waals surface area contributed by atoms with E-state index in [1.54, 1.807) is 30.5 Å². The van der Waals surface area contributed by atoms with Crippen LogP contribution in [0.5, 0.6) is 0 Å². The maximum atomic E-state index is 11.9. The largest absolute Gasteiger partial charge is 0.384 e. The number of carbonyl (C=O) groups excluding carboxylic acids is 1. The second kappa shape index (κ2) is 4.61. The Balaban J connectivity index is 2.17. The lowest BCUT2D eigenvalue weighted by Crippen LogP contribution is -2.13. The molecule has 5 heteroatoms. The molecule has 1 amide bonds. The second-order valence-corrected chi connectivity index (χ2v) is 3.56. The van der Waals surface area contributed by atoms with Crippen molar-refractivity contribution in [3.8, 4) is 0 Å². The molecule has 2 aromatic rings. The SMILES string of the molecule is Cc1ncccc1NC(=O)c1ccc(N)nc1. The van der Waals surface area contributed by atoms with Crippen LogP contribution in [0.15, 0.2) is 36.7 Å². The molecule has 0 spiro atoms. The highest BCUT2D eigenvalue weighted by molar-refractivity contribution is 6.04. The van der Waals surface area contributed by atoms with Crippen LogP contribution in [0.25, 0.3) is 0 Å². The molecule has 2 heterocycles. The van der Waals surface area contributed by atoms with E-state index in [2.05, 4.69) is 15.3 Å². The highest BCUT2D eigenvalue weighted by Gasteiger charge is 2.07. The molecule has 0 aliphatic heterocycles. The maximum absolute atomic E-state index is 11.9. The van der Waals surface area contributed by atoms with Gasteiger partial charge in [0.25, 0.3) is 5.91 Å². The van der Waals surface area contributed by atoms with E-state index >= 15 is 0 Å². The van der Waals surface area contributed by atoms with Gasteiger partial charge >= 0.3 is 0 Å². The molecule has 0 aliphatic carbocycles. The van der Waals surface area contributed by atoms with Crippen molar-refractivity contribution in [1.82, 2.24) is 9.97 Å². The molecule has 3 N–H and O–H groups in total. The van der Waals surface area contributed by atoms with Crippen molar-refractivity contribution in [3.05, 3.63) is 47.9 Å². The second-order valence-electron chi connectivity index (χ2n) is 3.56. The first-order valence-electron chi connectivity index (χ1n) is 5.11. The summed E-state index contributed by atoms with van der Waals surface area (Å²) in [4.78, 5) is 19.8. The average Bonchev–Trinajstić information content (AvgIpc) is 2.33. The molecular weight excluding hydrogens is 216 g/mol. The molecule has 86 valence electrons. The third kappa shape index (κ3) is 2.57. The van der Waals surface area contributed by atoms with Crippen LogP contribution in [-0.2, 0) is 0 Å². The van der Waals surface area contributed by atoms with Crippen LogP contribution in [0, 0.1) is 6.92 Å². The summed E-state index contributed by atoms with van der Waals surface area (Å²) in [6, 6.07) is 6.78. The van der Waals surface area contributed by atoms with Crippen molar-refractivity contribution in [3.63, 3.8) is 0 Å². The Hall–Kier alpha value is -2.43. The van der Waals surface area contributed by atoms with Crippen molar-refractivity contribution in [2.24, 2.45) is 0 Å². The van der Waals surface area contributed by atoms with Gasteiger partial charge in [-0.2, -0.15) is 0 Å². The summed E-state index contributed by atoms with van der Waals surface area (Å²) in [6.45, 7) is 1.83. The normalized spacial score (nSPS) is 9.94. The lowest BCUT2D eigenvalue weighted by atomic mass is 10.2. The van der Waals surface area contributed by atoms with Crippen molar-refractivity contribution in [2.75, 3.05) is 11.1 Å². The first-order valence-corrected chi connectivity index (χ1v) is 5.11. The van der Waals surface area contributed by atoms with Gasteiger partial charge in [-0.3, -0.25) is 9.78 Å². The quantitative estimate of drug-likeness (QED) is 0.818. The lowest BCUT2D eigenvalue weighted by Gasteiger charge is -2.06. The van der Waals surface area contributed by atoms with Gasteiger partial charge in [0, 0.05) is 12.4 Å². The van der Waals surface area contributed by atoms with Crippen molar-refractivity contribution >= 4 is 17.4 Å². The fraction of sp³-hybridized carbons (Fsp3) is 0.0833. The van der Waals surface area contributed by atoms with Crippen LogP contribution in [0.3, 0.4) is 0 Å². The summed E-state index contributed by atoms with van der Waals surface area (Å²) in [6.07, 6.45) is 3.12. The van der Waals surface area contributed by atoms with Crippen LogP contribution in [0.2, 0.25) is 0 Å². The molecule has 0 saturated carbocycles. The van der Waals surface area contributed by atoms with Crippen molar-refractivity contribution < 1.29 is 4.79 Å². The molecular formula is C12H12N4O. The number of nitrogens with one attached hydrogen (secondary N) is 1. The van der Waals surface area contributed by atoms with E-state index in [1.165, 1.54) is 6.20 Å². The zero-order valence-corrected chi connectivity index (χ0v) is 9.34. The third-order valence-corrected chi connectivity index (χ3v) is 2.30. The van der Waals surface area contributed by atoms with Gasteiger partial charge in [0.15, 0.2) is 0 Å². The molecule has 0 aromatic carbocycles. The van der Waals surface area contributed by atoms with Gasteiger partial charge in [-0.25, -0.2) is 4.98 Å². The summed E-state index contributed by atoms with van der Waals surface area (Å²) in [7, 11) is 0. The molecule has 0 unspecified atom stereocenters. The molecule has 0 atom stereocenters. The number of nitrogens with zero attached hydrogens (tertiary/aromatic N) is 2. The van der Waals surface area contributed by atoms with Gasteiger partial charge in [0.1, 0.15) is 5.82 Å². The number of rotatable bonds is 2. The topological polar surface area (TPSA) is 80.9 Å². The van der Waals surface area contributed by atoms with Crippen molar-refractivity contribution in [1.29, 1.82) is 0 Å². The number of amides is 1. The zero-order chi connectivity index (χ0) is 12.3. The van der Waals surface area contributed by atoms with E-state index in [0.29, 0.717) is 17.1 Å². The highest BCUT2D eigenvalue weighted by atomic mass is 16.1. The predicted molar refractivity (Wildman–Crippen MR) is 65.6 cm³/mol. The lowest BCUT2D eigenvalue weighted by molar-refractivity contribution is 0.102. The van der Waals surface area contributed by atoms with Crippen LogP contribution >= 0.6 is 0 Å². The molecule has 0 saturated heterocycles. The number of aromatic nitrogens is 2. The van der Waals surface area contributed by atoms with Crippen LogP contribution in [0.1, 0.15) is 16.1 Å². The van der Waals surface area contributed by atoms with Gasteiger partial charge < -0.3 is 11.1 Å². The van der Waals surface area contributed by atoms with Crippen LogP contribution in [0.4, 0.5) is 11.5 Å².